The van der Waals surface area contributed by atoms with E-state index in [4.69, 9.17) is 18.9 Å². The number of methoxy groups -OCH3 is 2. The molecule has 0 aliphatic carbocycles. The summed E-state index contributed by atoms with van der Waals surface area (Å²) in [4.78, 5) is 45.1. The predicted molar refractivity (Wildman–Crippen MR) is 167 cm³/mol. The van der Waals surface area contributed by atoms with Gasteiger partial charge in [0.2, 0.25) is 0 Å². The molecular weight excluding hydrogens is 512 g/mol. The van der Waals surface area contributed by atoms with Gasteiger partial charge < -0.3 is 18.9 Å². The molecule has 8 nitrogen and oxygen atoms in total. The topological polar surface area (TPSA) is 105 Å². The molecule has 8 heteroatoms. The number of carbonyl (C=O) groups is 4. The van der Waals surface area contributed by atoms with Gasteiger partial charge in [0.05, 0.1) is 24.3 Å². The molecule has 2 rings (SSSR count). The predicted octanol–water partition coefficient (Wildman–Crippen LogP) is 7.98. The van der Waals surface area contributed by atoms with Crippen LogP contribution >= 0.6 is 0 Å². The maximum absolute atomic E-state index is 11.6. The average Bonchev–Trinajstić information content (AvgIpc) is 2.84. The summed E-state index contributed by atoms with van der Waals surface area (Å²) in [5, 5.41) is 0. The molecule has 0 N–H and O–H groups in total. The lowest BCUT2D eigenvalue weighted by Gasteiger charge is -2.05. The third-order valence-electron chi connectivity index (χ3n) is 4.55. The van der Waals surface area contributed by atoms with E-state index in [0.717, 1.165) is 12.8 Å². The van der Waals surface area contributed by atoms with E-state index in [-0.39, 0.29) is 68.7 Å². The van der Waals surface area contributed by atoms with Crippen LogP contribution in [0, 0.1) is 0 Å². The summed E-state index contributed by atoms with van der Waals surface area (Å²) in [6, 6.07) is 12.8. The van der Waals surface area contributed by atoms with Gasteiger partial charge in [-0.3, -0.25) is 9.59 Å². The first-order valence-electron chi connectivity index (χ1n) is 10.8. The summed E-state index contributed by atoms with van der Waals surface area (Å²) >= 11 is 0. The summed E-state index contributed by atoms with van der Waals surface area (Å²) in [7, 11) is 3.18. The molecule has 0 aromatic heterocycles. The molecule has 0 saturated heterocycles. The van der Waals surface area contributed by atoms with Crippen LogP contribution in [0.15, 0.2) is 48.5 Å². The van der Waals surface area contributed by atoms with Gasteiger partial charge in [-0.1, -0.05) is 68.8 Å². The maximum Gasteiger partial charge on any atom is 0.338 e. The van der Waals surface area contributed by atoms with Crippen LogP contribution in [0.25, 0.3) is 0 Å². The standard InChI is InChI=1S/C14H18O4.C12H14O4.6CH4/c1-11(15)12-5-7-13(8-6-12)14(16)18-10-4-3-9-17-2;1-9(13)10-3-5-11(6-4-10)12(14)16-8-7-15-2;;;;;;/h5-8H,3-4,9-10H2,1-2H3;3-6H,7-8H2,1-2H3;6*1H4. The van der Waals surface area contributed by atoms with Crippen LogP contribution in [0.3, 0.4) is 0 Å². The molecule has 0 unspecified atom stereocenters. The van der Waals surface area contributed by atoms with Crippen LogP contribution in [-0.2, 0) is 18.9 Å². The highest BCUT2D eigenvalue weighted by Crippen LogP contribution is 2.08. The zero-order valence-electron chi connectivity index (χ0n) is 20.1. The van der Waals surface area contributed by atoms with Crippen molar-refractivity contribution in [1.29, 1.82) is 0 Å². The SMILES string of the molecule is C.C.C.C.C.C.COCCCCOC(=O)c1ccc(C(C)=O)cc1.COCCOC(=O)c1ccc(C(C)=O)cc1. The third kappa shape index (κ3) is 19.7. The molecule has 0 aliphatic heterocycles. The van der Waals surface area contributed by atoms with Gasteiger partial charge >= 0.3 is 11.9 Å². The van der Waals surface area contributed by atoms with Crippen LogP contribution in [0.2, 0.25) is 0 Å². The molecule has 40 heavy (non-hydrogen) atoms. The lowest BCUT2D eigenvalue weighted by Crippen LogP contribution is -2.10. The number of esters is 2. The van der Waals surface area contributed by atoms with Gasteiger partial charge in [0.15, 0.2) is 11.6 Å². The van der Waals surface area contributed by atoms with E-state index < -0.39 is 5.97 Å². The monoisotopic (exact) mass is 568 g/mol. The first-order valence-corrected chi connectivity index (χ1v) is 10.8. The van der Waals surface area contributed by atoms with Crippen LogP contribution in [0.4, 0.5) is 0 Å². The molecule has 0 fully saturated rings. The minimum atomic E-state index is -0.410. The van der Waals surface area contributed by atoms with Gasteiger partial charge in [-0.15, -0.1) is 0 Å². The fourth-order valence-corrected chi connectivity index (χ4v) is 2.58. The van der Waals surface area contributed by atoms with Crippen molar-refractivity contribution >= 4 is 23.5 Å². The second kappa shape index (κ2) is 28.6. The molecule has 0 aliphatic rings. The van der Waals surface area contributed by atoms with Gasteiger partial charge in [0.1, 0.15) is 6.61 Å². The average molecular weight is 569 g/mol. The number of carbonyl (C=O) groups excluding carboxylic acids is 4. The number of rotatable bonds is 12. The Morgan fingerprint density at radius 1 is 0.475 bits per heavy atom. The van der Waals surface area contributed by atoms with E-state index in [1.807, 2.05) is 0 Å². The van der Waals surface area contributed by atoms with E-state index in [2.05, 4.69) is 0 Å². The molecule has 0 heterocycles. The van der Waals surface area contributed by atoms with Crippen LogP contribution < -0.4 is 0 Å². The second-order valence-electron chi connectivity index (χ2n) is 7.23. The van der Waals surface area contributed by atoms with E-state index in [1.165, 1.54) is 21.0 Å². The molecule has 2 aromatic carbocycles. The first-order chi connectivity index (χ1) is 16.3. The van der Waals surface area contributed by atoms with Gasteiger partial charge in [0.25, 0.3) is 0 Å². The Bertz CT molecular complexity index is 919. The maximum atomic E-state index is 11.6. The summed E-state index contributed by atoms with van der Waals surface area (Å²) in [6.45, 7) is 4.62. The first kappa shape index (κ1) is 49.6. The number of hydrogen-bond acceptors (Lipinski definition) is 8. The van der Waals surface area contributed by atoms with Gasteiger partial charge in [-0.05, 0) is 51.0 Å². The van der Waals surface area contributed by atoms with Crippen molar-refractivity contribution in [1.82, 2.24) is 0 Å². The normalized spacial score (nSPS) is 8.50. The van der Waals surface area contributed by atoms with E-state index in [1.54, 1.807) is 55.6 Å². The van der Waals surface area contributed by atoms with Crippen molar-refractivity contribution < 1.29 is 38.1 Å². The highest BCUT2D eigenvalue weighted by atomic mass is 16.6. The van der Waals surface area contributed by atoms with Gasteiger partial charge in [0, 0.05) is 32.0 Å². The summed E-state index contributed by atoms with van der Waals surface area (Å²) in [5.41, 5.74) is 2.06. The molecule has 0 amide bonds. The molecule has 0 atom stereocenters. The van der Waals surface area contributed by atoms with Crippen LogP contribution in [-0.4, -0.2) is 64.2 Å². The van der Waals surface area contributed by atoms with Crippen LogP contribution in [0.1, 0.15) is 113 Å². The molecule has 0 radical (unpaired) electrons. The third-order valence-corrected chi connectivity index (χ3v) is 4.55. The zero-order valence-corrected chi connectivity index (χ0v) is 20.1. The lowest BCUT2D eigenvalue weighted by molar-refractivity contribution is 0.0387. The summed E-state index contributed by atoms with van der Waals surface area (Å²) < 4.78 is 19.7. The van der Waals surface area contributed by atoms with E-state index in [9.17, 15) is 19.2 Å². The fourth-order valence-electron chi connectivity index (χ4n) is 2.58. The van der Waals surface area contributed by atoms with Crippen molar-refractivity contribution in [2.45, 2.75) is 71.2 Å². The number of Topliss-reactive ketones (excluding diaryl/α,β-unsaturated/α-hetero) is 2. The van der Waals surface area contributed by atoms with Gasteiger partial charge in [-0.2, -0.15) is 0 Å². The number of benzene rings is 2. The molecular formula is C32H56O8. The van der Waals surface area contributed by atoms with Crippen molar-refractivity contribution in [3.8, 4) is 0 Å². The molecule has 2 aromatic rings. The van der Waals surface area contributed by atoms with Crippen LogP contribution in [0.5, 0.6) is 0 Å². The quantitative estimate of drug-likeness (QED) is 0.144. The summed E-state index contributed by atoms with van der Waals surface area (Å²) in [5.74, 6) is -0.816. The minimum Gasteiger partial charge on any atom is -0.462 e. The molecule has 232 valence electrons. The number of ether oxygens (including phenoxy) is 4. The lowest BCUT2D eigenvalue weighted by atomic mass is 10.1. The minimum absolute atomic E-state index is 0. The summed E-state index contributed by atoms with van der Waals surface area (Å²) in [6.07, 6.45) is 1.65. The van der Waals surface area contributed by atoms with Crippen molar-refractivity contribution in [2.75, 3.05) is 40.6 Å². The van der Waals surface area contributed by atoms with Crippen molar-refractivity contribution in [3.05, 3.63) is 70.8 Å². The molecule has 0 spiro atoms. The Kier molecular flexibility index (Phi) is 35.5. The van der Waals surface area contributed by atoms with Crippen molar-refractivity contribution in [2.24, 2.45) is 0 Å². The van der Waals surface area contributed by atoms with E-state index in [0.29, 0.717) is 42.1 Å². The Labute approximate surface area is 244 Å². The smallest absolute Gasteiger partial charge is 0.338 e. The van der Waals surface area contributed by atoms with Crippen molar-refractivity contribution in [3.63, 3.8) is 0 Å². The number of unbranched alkanes of at least 4 members (excludes halogenated alkanes) is 1. The second-order valence-corrected chi connectivity index (χ2v) is 7.23. The van der Waals surface area contributed by atoms with Gasteiger partial charge in [-0.25, -0.2) is 9.59 Å². The highest BCUT2D eigenvalue weighted by Gasteiger charge is 2.08. The highest BCUT2D eigenvalue weighted by molar-refractivity contribution is 5.96. The fraction of sp³-hybridized carbons (Fsp3) is 0.500. The zero-order chi connectivity index (χ0) is 25.3. The molecule has 0 bridgehead atoms. The Hall–Kier alpha value is -3.36. The number of hydrogen-bond donors (Lipinski definition) is 0. The van der Waals surface area contributed by atoms with E-state index >= 15 is 0 Å². The Balaban J connectivity index is -0.000000126. The Morgan fingerprint density at radius 2 is 0.775 bits per heavy atom. The largest absolute Gasteiger partial charge is 0.462 e. The Morgan fingerprint density at radius 3 is 1.10 bits per heavy atom. The number of ketones is 2. The molecule has 0 saturated carbocycles.